The molecule has 4 bridgehead atoms. The zero-order chi connectivity index (χ0) is 19.1. The minimum Gasteiger partial charge on any atom is -0.456 e. The van der Waals surface area contributed by atoms with E-state index in [1.165, 1.54) is 6.42 Å². The number of esters is 1. The van der Waals surface area contributed by atoms with Gasteiger partial charge in [-0.3, -0.25) is 9.59 Å². The molecule has 0 heterocycles. The number of ether oxygens (including phenoxy) is 1. The molecule has 0 aromatic heterocycles. The first kappa shape index (κ1) is 18.8. The lowest BCUT2D eigenvalue weighted by Gasteiger charge is -2.60. The monoisotopic (exact) mass is 391 g/mol. The van der Waals surface area contributed by atoms with Gasteiger partial charge in [0, 0.05) is 11.6 Å². The van der Waals surface area contributed by atoms with Gasteiger partial charge in [-0.2, -0.15) is 0 Å². The van der Waals surface area contributed by atoms with Crippen molar-refractivity contribution in [2.45, 2.75) is 57.1 Å². The van der Waals surface area contributed by atoms with Crippen LogP contribution < -0.4 is 5.32 Å². The molecule has 5 rings (SSSR count). The first-order valence-electron chi connectivity index (χ1n) is 9.73. The Labute approximate surface area is 164 Å². The van der Waals surface area contributed by atoms with Gasteiger partial charge in [0.1, 0.15) is 0 Å². The van der Waals surface area contributed by atoms with Crippen LogP contribution in [0.15, 0.2) is 24.3 Å². The molecule has 0 spiro atoms. The molecule has 4 aliphatic rings. The number of halogens is 1. The van der Waals surface area contributed by atoms with Gasteiger partial charge in [-0.25, -0.2) is 0 Å². The minimum atomic E-state index is -0.587. The number of hydrogen-bond donors (Lipinski definition) is 2. The predicted molar refractivity (Wildman–Crippen MR) is 101 cm³/mol. The van der Waals surface area contributed by atoms with E-state index in [-0.39, 0.29) is 23.9 Å². The zero-order valence-corrected chi connectivity index (χ0v) is 16.1. The average molecular weight is 392 g/mol. The van der Waals surface area contributed by atoms with Gasteiger partial charge in [0.15, 0.2) is 6.61 Å². The van der Waals surface area contributed by atoms with Crippen molar-refractivity contribution in [2.24, 2.45) is 17.3 Å². The second-order valence-electron chi connectivity index (χ2n) is 8.89. The lowest BCUT2D eigenvalue weighted by Crippen LogP contribution is -2.56. The predicted octanol–water partition coefficient (Wildman–Crippen LogP) is 3.22. The molecular weight excluding hydrogens is 366 g/mol. The van der Waals surface area contributed by atoms with E-state index in [2.05, 4.69) is 5.32 Å². The Morgan fingerprint density at radius 1 is 1.19 bits per heavy atom. The van der Waals surface area contributed by atoms with Gasteiger partial charge >= 0.3 is 5.97 Å². The number of benzene rings is 1. The van der Waals surface area contributed by atoms with Crippen LogP contribution in [0.25, 0.3) is 0 Å². The number of aliphatic hydroxyl groups is 1. The fraction of sp³-hybridized carbons (Fsp3) is 0.619. The first-order chi connectivity index (χ1) is 12.8. The van der Waals surface area contributed by atoms with Crippen LogP contribution >= 0.6 is 11.6 Å². The number of rotatable bonds is 6. The van der Waals surface area contributed by atoms with Crippen LogP contribution in [0.1, 0.15) is 50.5 Å². The number of carbonyl (C=O) groups excluding carboxylic acids is 2. The van der Waals surface area contributed by atoms with Gasteiger partial charge in [-0.1, -0.05) is 29.8 Å². The van der Waals surface area contributed by atoms with Crippen LogP contribution in [0.5, 0.6) is 0 Å². The largest absolute Gasteiger partial charge is 0.456 e. The Hall–Kier alpha value is -1.59. The maximum absolute atomic E-state index is 12.4. The smallest absolute Gasteiger partial charge is 0.306 e. The molecule has 1 amide bonds. The highest BCUT2D eigenvalue weighted by atomic mass is 35.5. The van der Waals surface area contributed by atoms with Crippen molar-refractivity contribution in [1.82, 2.24) is 5.32 Å². The third-order valence-corrected chi connectivity index (χ3v) is 6.84. The lowest BCUT2D eigenvalue weighted by molar-refractivity contribution is -0.177. The number of carbonyl (C=O) groups is 2. The SMILES string of the molecule is O=C(COC(=O)CC12C[C@@H]3C[C@@H](CC(O)(C3)C1)C2)NCc1ccccc1Cl. The summed E-state index contributed by atoms with van der Waals surface area (Å²) in [5, 5.41) is 14.1. The standard InChI is InChI=1S/C21H26ClNO4/c22-17-4-2-1-3-16(17)11-23-18(24)12-27-19(25)10-20-6-14-5-15(7-20)9-21(26,8-14)13-20/h1-4,14-15,26H,5-13H2,(H,23,24)/t14-,15+,20?,21?. The topological polar surface area (TPSA) is 75.6 Å². The Balaban J connectivity index is 1.25. The maximum atomic E-state index is 12.4. The van der Waals surface area contributed by atoms with E-state index in [0.29, 0.717) is 36.2 Å². The van der Waals surface area contributed by atoms with E-state index < -0.39 is 5.60 Å². The van der Waals surface area contributed by atoms with Crippen LogP contribution in [0.4, 0.5) is 0 Å². The zero-order valence-electron chi connectivity index (χ0n) is 15.4. The van der Waals surface area contributed by atoms with Crippen LogP contribution in [-0.2, 0) is 20.9 Å². The molecule has 0 aliphatic heterocycles. The van der Waals surface area contributed by atoms with Gasteiger partial charge in [-0.15, -0.1) is 0 Å². The second-order valence-corrected chi connectivity index (χ2v) is 9.30. The van der Waals surface area contributed by atoms with Crippen molar-refractivity contribution in [3.8, 4) is 0 Å². The van der Waals surface area contributed by atoms with Gasteiger partial charge in [0.25, 0.3) is 5.91 Å². The third kappa shape index (κ3) is 4.14. The van der Waals surface area contributed by atoms with E-state index in [1.807, 2.05) is 18.2 Å². The fourth-order valence-corrected chi connectivity index (χ4v) is 6.20. The van der Waals surface area contributed by atoms with Crippen molar-refractivity contribution in [3.63, 3.8) is 0 Å². The number of amides is 1. The third-order valence-electron chi connectivity index (χ3n) is 6.47. The number of nitrogens with one attached hydrogen (secondary N) is 1. The molecule has 4 saturated carbocycles. The summed E-state index contributed by atoms with van der Waals surface area (Å²) in [5.74, 6) is 0.381. The van der Waals surface area contributed by atoms with E-state index >= 15 is 0 Å². The van der Waals surface area contributed by atoms with Crippen molar-refractivity contribution >= 4 is 23.5 Å². The van der Waals surface area contributed by atoms with Crippen molar-refractivity contribution in [2.75, 3.05) is 6.61 Å². The Morgan fingerprint density at radius 2 is 1.89 bits per heavy atom. The fourth-order valence-electron chi connectivity index (χ4n) is 6.00. The molecule has 27 heavy (non-hydrogen) atoms. The molecule has 2 N–H and O–H groups in total. The van der Waals surface area contributed by atoms with E-state index in [0.717, 1.165) is 31.2 Å². The normalized spacial score (nSPS) is 33.7. The molecular formula is C21H26ClNO4. The summed E-state index contributed by atoms with van der Waals surface area (Å²) in [7, 11) is 0. The van der Waals surface area contributed by atoms with Gasteiger partial charge in [0.05, 0.1) is 12.0 Å². The van der Waals surface area contributed by atoms with Crippen molar-refractivity contribution < 1.29 is 19.4 Å². The molecule has 1 aromatic rings. The molecule has 6 heteroatoms. The summed E-state index contributed by atoms with van der Waals surface area (Å²) in [5.41, 5.74) is 0.0985. The summed E-state index contributed by atoms with van der Waals surface area (Å²) in [6, 6.07) is 7.29. The second kappa shape index (κ2) is 7.10. The summed E-state index contributed by atoms with van der Waals surface area (Å²) in [6.45, 7) is 0.0207. The molecule has 4 atom stereocenters. The highest BCUT2D eigenvalue weighted by Gasteiger charge is 2.57. The molecule has 0 radical (unpaired) electrons. The molecule has 4 aliphatic carbocycles. The Morgan fingerprint density at radius 3 is 2.56 bits per heavy atom. The minimum absolute atomic E-state index is 0.135. The highest BCUT2D eigenvalue weighted by molar-refractivity contribution is 6.31. The van der Waals surface area contributed by atoms with Crippen molar-refractivity contribution in [3.05, 3.63) is 34.9 Å². The average Bonchev–Trinajstić information content (AvgIpc) is 2.56. The molecule has 1 aromatic carbocycles. The Kier molecular flexibility index (Phi) is 4.93. The summed E-state index contributed by atoms with van der Waals surface area (Å²) in [4.78, 5) is 24.3. The molecule has 146 valence electrons. The summed E-state index contributed by atoms with van der Waals surface area (Å²) in [6.07, 6.45) is 5.94. The van der Waals surface area contributed by atoms with Gasteiger partial charge < -0.3 is 15.2 Å². The summed E-state index contributed by atoms with van der Waals surface area (Å²) >= 11 is 6.06. The van der Waals surface area contributed by atoms with E-state index in [4.69, 9.17) is 16.3 Å². The van der Waals surface area contributed by atoms with Gasteiger partial charge in [0.2, 0.25) is 0 Å². The van der Waals surface area contributed by atoms with Crippen LogP contribution in [0.2, 0.25) is 5.02 Å². The Bertz CT molecular complexity index is 735. The van der Waals surface area contributed by atoms with Crippen LogP contribution in [0, 0.1) is 17.3 Å². The summed E-state index contributed by atoms with van der Waals surface area (Å²) < 4.78 is 5.23. The first-order valence-corrected chi connectivity index (χ1v) is 10.1. The van der Waals surface area contributed by atoms with Gasteiger partial charge in [-0.05, 0) is 67.4 Å². The lowest BCUT2D eigenvalue weighted by atomic mass is 9.47. The molecule has 2 unspecified atom stereocenters. The quantitative estimate of drug-likeness (QED) is 0.730. The van der Waals surface area contributed by atoms with Crippen molar-refractivity contribution in [1.29, 1.82) is 0 Å². The van der Waals surface area contributed by atoms with Crippen LogP contribution in [-0.4, -0.2) is 29.2 Å². The van der Waals surface area contributed by atoms with E-state index in [9.17, 15) is 14.7 Å². The molecule has 4 fully saturated rings. The highest BCUT2D eigenvalue weighted by Crippen LogP contribution is 2.62. The molecule has 5 nitrogen and oxygen atoms in total. The molecule has 0 saturated heterocycles. The maximum Gasteiger partial charge on any atom is 0.306 e. The van der Waals surface area contributed by atoms with E-state index in [1.54, 1.807) is 6.07 Å². The van der Waals surface area contributed by atoms with Crippen LogP contribution in [0.3, 0.4) is 0 Å². The number of hydrogen-bond acceptors (Lipinski definition) is 4.